The van der Waals surface area contributed by atoms with Crippen LogP contribution in [0.4, 0.5) is 9.39 Å². The number of hydrogen-bond donors (Lipinski definition) is 1. The highest BCUT2D eigenvalue weighted by Crippen LogP contribution is 2.37. The van der Waals surface area contributed by atoms with Crippen LogP contribution < -0.4 is 5.73 Å². The van der Waals surface area contributed by atoms with Crippen LogP contribution in [0.15, 0.2) is 18.2 Å². The highest BCUT2D eigenvalue weighted by Gasteiger charge is 2.22. The first kappa shape index (κ1) is 13.3. The lowest BCUT2D eigenvalue weighted by Gasteiger charge is -2.13. The fourth-order valence-corrected chi connectivity index (χ4v) is 2.60. The van der Waals surface area contributed by atoms with Gasteiger partial charge in [0.05, 0.1) is 0 Å². The number of nitrogen functional groups attached to an aromatic ring is 1. The molecule has 0 aliphatic carbocycles. The number of aromatic nitrogens is 1. The van der Waals surface area contributed by atoms with Gasteiger partial charge in [0.2, 0.25) is 0 Å². The number of hydrogen-bond acceptors (Lipinski definition) is 3. The average Bonchev–Trinajstić information content (AvgIpc) is 2.64. The van der Waals surface area contributed by atoms with Gasteiger partial charge in [-0.15, -0.1) is 11.3 Å². The molecule has 2 aromatic rings. The van der Waals surface area contributed by atoms with Crippen LogP contribution in [0.3, 0.4) is 0 Å². The van der Waals surface area contributed by atoms with Crippen molar-refractivity contribution in [3.63, 3.8) is 0 Å². The van der Waals surface area contributed by atoms with E-state index in [1.165, 1.54) is 23.5 Å². The quantitative estimate of drug-likeness (QED) is 0.838. The summed E-state index contributed by atoms with van der Waals surface area (Å²) < 4.78 is 13.8. The minimum absolute atomic E-state index is 0.105. The minimum atomic E-state index is -0.364. The van der Waals surface area contributed by atoms with Crippen molar-refractivity contribution >= 4 is 27.9 Å². The molecule has 0 amide bonds. The smallest absolute Gasteiger partial charge is 0.132 e. The molecular weight excluding hydrogens is 271 g/mol. The maximum atomic E-state index is 13.8. The third-order valence-electron chi connectivity index (χ3n) is 2.48. The lowest BCUT2D eigenvalue weighted by atomic mass is 9.98. The van der Waals surface area contributed by atoms with Crippen LogP contribution in [-0.2, 0) is 5.41 Å². The molecule has 0 saturated carbocycles. The van der Waals surface area contributed by atoms with Gasteiger partial charge >= 0.3 is 0 Å². The van der Waals surface area contributed by atoms with Gasteiger partial charge in [-0.2, -0.15) is 0 Å². The van der Waals surface area contributed by atoms with Crippen LogP contribution in [0.1, 0.15) is 25.8 Å². The van der Waals surface area contributed by atoms with Crippen molar-refractivity contribution in [2.45, 2.75) is 26.2 Å². The van der Waals surface area contributed by atoms with E-state index in [4.69, 9.17) is 17.3 Å². The molecule has 1 heterocycles. The van der Waals surface area contributed by atoms with Crippen LogP contribution >= 0.6 is 22.9 Å². The molecule has 2 N–H and O–H groups in total. The molecular formula is C13H14ClFN2S. The highest BCUT2D eigenvalue weighted by molar-refractivity contribution is 7.16. The van der Waals surface area contributed by atoms with Gasteiger partial charge in [-0.3, -0.25) is 0 Å². The number of halogens is 2. The summed E-state index contributed by atoms with van der Waals surface area (Å²) in [4.78, 5) is 4.45. The average molecular weight is 285 g/mol. The van der Waals surface area contributed by atoms with E-state index in [0.717, 1.165) is 5.01 Å². The topological polar surface area (TPSA) is 38.9 Å². The summed E-state index contributed by atoms with van der Waals surface area (Å²) in [6.45, 7) is 6.14. The Labute approximate surface area is 115 Å². The number of benzene rings is 1. The van der Waals surface area contributed by atoms with E-state index >= 15 is 0 Å². The van der Waals surface area contributed by atoms with Crippen molar-refractivity contribution in [1.82, 2.24) is 4.98 Å². The summed E-state index contributed by atoms with van der Waals surface area (Å²) in [7, 11) is 0. The Morgan fingerprint density at radius 3 is 2.56 bits per heavy atom. The number of thiazole rings is 1. The number of nitrogens with two attached hydrogens (primary N) is 1. The third kappa shape index (κ3) is 2.49. The predicted octanol–water partition coefficient (Wildman–Crippen LogP) is 4.48. The number of nitrogens with zero attached hydrogens (tertiary/aromatic N) is 1. The van der Waals surface area contributed by atoms with Crippen molar-refractivity contribution in [1.29, 1.82) is 0 Å². The normalized spacial score (nSPS) is 11.8. The van der Waals surface area contributed by atoms with E-state index < -0.39 is 0 Å². The van der Waals surface area contributed by atoms with Crippen molar-refractivity contribution in [2.75, 3.05) is 5.73 Å². The van der Waals surface area contributed by atoms with Gasteiger partial charge in [0.25, 0.3) is 0 Å². The molecule has 0 saturated heterocycles. The second-order valence-electron chi connectivity index (χ2n) is 5.11. The Balaban J connectivity index is 2.58. The molecule has 5 heteroatoms. The van der Waals surface area contributed by atoms with Crippen LogP contribution in [0, 0.1) is 5.82 Å². The van der Waals surface area contributed by atoms with Gasteiger partial charge in [0.15, 0.2) is 0 Å². The lowest BCUT2D eigenvalue weighted by Crippen LogP contribution is -2.10. The SMILES string of the molecule is CC(C)(C)c1nc(-c2cc(Cl)ccc2F)c(N)s1. The van der Waals surface area contributed by atoms with Gasteiger partial charge < -0.3 is 5.73 Å². The van der Waals surface area contributed by atoms with Crippen molar-refractivity contribution in [2.24, 2.45) is 0 Å². The Hall–Kier alpha value is -1.13. The second-order valence-corrected chi connectivity index (χ2v) is 6.57. The molecule has 0 unspecified atom stereocenters. The Morgan fingerprint density at radius 2 is 2.00 bits per heavy atom. The van der Waals surface area contributed by atoms with E-state index in [-0.39, 0.29) is 11.2 Å². The second kappa shape index (κ2) is 4.52. The molecule has 1 aromatic heterocycles. The van der Waals surface area contributed by atoms with E-state index in [1.54, 1.807) is 6.07 Å². The summed E-state index contributed by atoms with van der Waals surface area (Å²) in [6.07, 6.45) is 0. The van der Waals surface area contributed by atoms with E-state index in [9.17, 15) is 4.39 Å². The van der Waals surface area contributed by atoms with Gasteiger partial charge in [-0.25, -0.2) is 9.37 Å². The largest absolute Gasteiger partial charge is 0.389 e. The maximum absolute atomic E-state index is 13.8. The molecule has 18 heavy (non-hydrogen) atoms. The maximum Gasteiger partial charge on any atom is 0.132 e. The van der Waals surface area contributed by atoms with Crippen LogP contribution in [0.25, 0.3) is 11.3 Å². The first-order valence-electron chi connectivity index (χ1n) is 5.51. The van der Waals surface area contributed by atoms with Crippen LogP contribution in [-0.4, -0.2) is 4.98 Å². The summed E-state index contributed by atoms with van der Waals surface area (Å²) in [5, 5.41) is 1.87. The molecule has 0 atom stereocenters. The molecule has 2 rings (SSSR count). The van der Waals surface area contributed by atoms with Gasteiger partial charge in [0.1, 0.15) is 21.5 Å². The van der Waals surface area contributed by atoms with Gasteiger partial charge in [-0.05, 0) is 18.2 Å². The van der Waals surface area contributed by atoms with E-state index in [0.29, 0.717) is 21.3 Å². The summed E-state index contributed by atoms with van der Waals surface area (Å²) >= 11 is 7.27. The van der Waals surface area contributed by atoms with Crippen molar-refractivity contribution in [3.05, 3.63) is 34.0 Å². The minimum Gasteiger partial charge on any atom is -0.389 e. The van der Waals surface area contributed by atoms with Crippen molar-refractivity contribution < 1.29 is 4.39 Å². The zero-order chi connectivity index (χ0) is 13.5. The molecule has 0 aliphatic heterocycles. The highest BCUT2D eigenvalue weighted by atomic mass is 35.5. The molecule has 96 valence electrons. The van der Waals surface area contributed by atoms with Crippen molar-refractivity contribution in [3.8, 4) is 11.3 Å². The summed E-state index contributed by atoms with van der Waals surface area (Å²) in [6, 6.07) is 4.38. The van der Waals surface area contributed by atoms with E-state index in [1.807, 2.05) is 20.8 Å². The molecule has 0 aliphatic rings. The van der Waals surface area contributed by atoms with E-state index in [2.05, 4.69) is 4.98 Å². The fourth-order valence-electron chi connectivity index (χ4n) is 1.52. The molecule has 1 aromatic carbocycles. The monoisotopic (exact) mass is 284 g/mol. The Kier molecular flexibility index (Phi) is 3.34. The molecule has 0 bridgehead atoms. The first-order valence-corrected chi connectivity index (χ1v) is 6.70. The standard InChI is InChI=1S/C13H14ClFN2S/c1-13(2,3)12-17-10(11(16)18-12)8-6-7(14)4-5-9(8)15/h4-6H,16H2,1-3H3. The zero-order valence-electron chi connectivity index (χ0n) is 10.4. The fraction of sp³-hybridized carbons (Fsp3) is 0.308. The number of rotatable bonds is 1. The van der Waals surface area contributed by atoms with Crippen LogP contribution in [0.5, 0.6) is 0 Å². The lowest BCUT2D eigenvalue weighted by molar-refractivity contribution is 0.585. The van der Waals surface area contributed by atoms with Gasteiger partial charge in [-0.1, -0.05) is 32.4 Å². The third-order valence-corrected chi connectivity index (χ3v) is 4.02. The van der Waals surface area contributed by atoms with Gasteiger partial charge in [0, 0.05) is 16.0 Å². The zero-order valence-corrected chi connectivity index (χ0v) is 12.0. The molecule has 0 fully saturated rings. The Morgan fingerprint density at radius 1 is 1.33 bits per heavy atom. The molecule has 0 radical (unpaired) electrons. The Bertz CT molecular complexity index is 587. The molecule has 2 nitrogen and oxygen atoms in total. The number of anilines is 1. The summed E-state index contributed by atoms with van der Waals surface area (Å²) in [5.41, 5.74) is 6.66. The van der Waals surface area contributed by atoms with Crippen LogP contribution in [0.2, 0.25) is 5.02 Å². The molecule has 0 spiro atoms. The predicted molar refractivity (Wildman–Crippen MR) is 75.6 cm³/mol. The summed E-state index contributed by atoms with van der Waals surface area (Å²) in [5.74, 6) is -0.364. The first-order chi connectivity index (χ1) is 8.29.